The molecule has 2 heterocycles. The van der Waals surface area contributed by atoms with Crippen LogP contribution in [0, 0.1) is 0 Å². The van der Waals surface area contributed by atoms with Gasteiger partial charge in [-0.2, -0.15) is 5.10 Å². The standard InChI is InChI=1S/C15H19N3O4.Na.H/c1-21-12(18-5-7-22-8-6-18)9-10-3-2-4-11-13(10)16-17-14(11)15(19)20;;/h2-4,12H,5-9H2,1H3,(H,16,17)(H,19,20);;. The second-order valence-electron chi connectivity index (χ2n) is 5.26. The third-order valence-electron chi connectivity index (χ3n) is 4.01. The van der Waals surface area contributed by atoms with Crippen LogP contribution in [0.15, 0.2) is 18.2 Å². The number of rotatable bonds is 5. The summed E-state index contributed by atoms with van der Waals surface area (Å²) in [7, 11) is 1.69. The van der Waals surface area contributed by atoms with Crippen molar-refractivity contribution in [3.8, 4) is 0 Å². The number of fused-ring (bicyclic) bond motifs is 1. The van der Waals surface area contributed by atoms with Crippen molar-refractivity contribution in [1.29, 1.82) is 0 Å². The Balaban J connectivity index is 0.00000192. The zero-order chi connectivity index (χ0) is 15.5. The summed E-state index contributed by atoms with van der Waals surface area (Å²) < 4.78 is 11.0. The molecule has 1 aromatic carbocycles. The molecule has 1 aliphatic rings. The molecule has 2 N–H and O–H groups in total. The normalized spacial score (nSPS) is 16.9. The second-order valence-corrected chi connectivity index (χ2v) is 5.26. The van der Waals surface area contributed by atoms with Gasteiger partial charge in [0.05, 0.1) is 18.7 Å². The summed E-state index contributed by atoms with van der Waals surface area (Å²) in [6, 6.07) is 5.59. The SMILES string of the molecule is COC(Cc1cccc2c(C(=O)O)n[nH]c12)N1CCOCC1.[NaH]. The van der Waals surface area contributed by atoms with Crippen LogP contribution in [0.5, 0.6) is 0 Å². The number of hydrogen-bond donors (Lipinski definition) is 2. The van der Waals surface area contributed by atoms with Gasteiger partial charge in [-0.25, -0.2) is 4.79 Å². The Morgan fingerprint density at radius 2 is 2.22 bits per heavy atom. The van der Waals surface area contributed by atoms with Crippen molar-refractivity contribution in [3.63, 3.8) is 0 Å². The van der Waals surface area contributed by atoms with E-state index in [1.165, 1.54) is 0 Å². The van der Waals surface area contributed by atoms with Crippen LogP contribution in [0.25, 0.3) is 10.9 Å². The van der Waals surface area contributed by atoms with Gasteiger partial charge in [0.1, 0.15) is 6.23 Å². The Kier molecular flexibility index (Phi) is 6.58. The van der Waals surface area contributed by atoms with Gasteiger partial charge < -0.3 is 14.6 Å². The van der Waals surface area contributed by atoms with E-state index in [2.05, 4.69) is 15.1 Å². The molecule has 1 aliphatic heterocycles. The van der Waals surface area contributed by atoms with Gasteiger partial charge in [-0.1, -0.05) is 18.2 Å². The number of carboxylic acids is 1. The molecule has 1 atom stereocenters. The number of aromatic nitrogens is 2. The number of hydrogen-bond acceptors (Lipinski definition) is 5. The number of ether oxygens (including phenoxy) is 2. The van der Waals surface area contributed by atoms with Crippen LogP contribution >= 0.6 is 0 Å². The molecule has 1 aromatic heterocycles. The average Bonchev–Trinajstić information content (AvgIpc) is 2.98. The number of methoxy groups -OCH3 is 1. The minimum atomic E-state index is -1.03. The van der Waals surface area contributed by atoms with Gasteiger partial charge in [-0.3, -0.25) is 10.00 Å². The maximum absolute atomic E-state index is 11.2. The van der Waals surface area contributed by atoms with E-state index >= 15 is 0 Å². The quantitative estimate of drug-likeness (QED) is 0.775. The molecule has 1 fully saturated rings. The van der Waals surface area contributed by atoms with Crippen molar-refractivity contribution in [2.24, 2.45) is 0 Å². The molecule has 2 aromatic rings. The van der Waals surface area contributed by atoms with E-state index in [1.54, 1.807) is 13.2 Å². The number of morpholine rings is 1. The molecule has 0 bridgehead atoms. The van der Waals surface area contributed by atoms with Crippen molar-refractivity contribution >= 4 is 46.4 Å². The van der Waals surface area contributed by atoms with E-state index in [4.69, 9.17) is 14.6 Å². The molecule has 1 unspecified atom stereocenters. The summed E-state index contributed by atoms with van der Waals surface area (Å²) in [5.74, 6) is -1.03. The van der Waals surface area contributed by atoms with Crippen LogP contribution in [0.4, 0.5) is 0 Å². The summed E-state index contributed by atoms with van der Waals surface area (Å²) in [4.78, 5) is 13.4. The summed E-state index contributed by atoms with van der Waals surface area (Å²) in [6.07, 6.45) is 0.598. The van der Waals surface area contributed by atoms with Crippen molar-refractivity contribution in [1.82, 2.24) is 15.1 Å². The summed E-state index contributed by atoms with van der Waals surface area (Å²) in [6.45, 7) is 3.07. The zero-order valence-electron chi connectivity index (χ0n) is 12.4. The Bertz CT molecular complexity index is 670. The van der Waals surface area contributed by atoms with Gasteiger partial charge in [0.15, 0.2) is 5.69 Å². The molecular weight excluding hydrogens is 309 g/mol. The van der Waals surface area contributed by atoms with Crippen LogP contribution in [0.1, 0.15) is 16.1 Å². The number of aromatic amines is 1. The van der Waals surface area contributed by atoms with E-state index < -0.39 is 5.97 Å². The Morgan fingerprint density at radius 1 is 1.48 bits per heavy atom. The molecule has 0 amide bonds. The topological polar surface area (TPSA) is 87.7 Å². The van der Waals surface area contributed by atoms with E-state index in [9.17, 15) is 4.79 Å². The van der Waals surface area contributed by atoms with Gasteiger partial charge in [-0.05, 0) is 5.56 Å². The number of benzene rings is 1. The number of para-hydroxylation sites is 1. The fourth-order valence-corrected chi connectivity index (χ4v) is 2.85. The molecule has 3 rings (SSSR count). The first-order chi connectivity index (χ1) is 10.7. The molecule has 0 radical (unpaired) electrons. The number of nitrogens with one attached hydrogen (secondary N) is 1. The summed E-state index contributed by atoms with van der Waals surface area (Å²) in [5, 5.41) is 16.5. The Morgan fingerprint density at radius 3 is 2.87 bits per heavy atom. The van der Waals surface area contributed by atoms with Crippen LogP contribution in [-0.4, -0.2) is 95.4 Å². The van der Waals surface area contributed by atoms with Crippen molar-refractivity contribution in [2.75, 3.05) is 33.4 Å². The molecule has 7 nitrogen and oxygen atoms in total. The van der Waals surface area contributed by atoms with Gasteiger partial charge in [-0.15, -0.1) is 0 Å². The number of carboxylic acid groups (broad SMARTS) is 1. The maximum atomic E-state index is 11.2. The number of H-pyrrole nitrogens is 1. The second kappa shape index (κ2) is 8.23. The predicted molar refractivity (Wildman–Crippen MR) is 87.1 cm³/mol. The first kappa shape index (κ1) is 18.4. The Labute approximate surface area is 156 Å². The molecule has 0 saturated carbocycles. The fourth-order valence-electron chi connectivity index (χ4n) is 2.85. The van der Waals surface area contributed by atoms with Gasteiger partial charge in [0, 0.05) is 32.0 Å². The Hall–Kier alpha value is -0.960. The fraction of sp³-hybridized carbons (Fsp3) is 0.467. The zero-order valence-corrected chi connectivity index (χ0v) is 12.4. The van der Waals surface area contributed by atoms with Crippen LogP contribution in [0.2, 0.25) is 0 Å². The molecule has 1 saturated heterocycles. The summed E-state index contributed by atoms with van der Waals surface area (Å²) in [5.41, 5.74) is 1.81. The molecule has 23 heavy (non-hydrogen) atoms. The van der Waals surface area contributed by atoms with Crippen LogP contribution < -0.4 is 0 Å². The van der Waals surface area contributed by atoms with E-state index in [1.807, 2.05) is 12.1 Å². The van der Waals surface area contributed by atoms with Gasteiger partial charge in [0.25, 0.3) is 0 Å². The number of nitrogens with zero attached hydrogens (tertiary/aromatic N) is 2. The first-order valence-corrected chi connectivity index (χ1v) is 7.24. The van der Waals surface area contributed by atoms with Crippen LogP contribution in [0.3, 0.4) is 0 Å². The molecular formula is C15H20N3NaO4. The third kappa shape index (κ3) is 3.93. The van der Waals surface area contributed by atoms with Gasteiger partial charge >= 0.3 is 35.5 Å². The monoisotopic (exact) mass is 329 g/mol. The van der Waals surface area contributed by atoms with Crippen LogP contribution in [-0.2, 0) is 15.9 Å². The van der Waals surface area contributed by atoms with E-state index in [0.717, 1.165) is 24.2 Å². The first-order valence-electron chi connectivity index (χ1n) is 7.24. The van der Waals surface area contributed by atoms with E-state index in [0.29, 0.717) is 25.0 Å². The van der Waals surface area contributed by atoms with Gasteiger partial charge in [0.2, 0.25) is 0 Å². The summed E-state index contributed by atoms with van der Waals surface area (Å²) >= 11 is 0. The molecule has 120 valence electrons. The van der Waals surface area contributed by atoms with Crippen molar-refractivity contribution in [2.45, 2.75) is 12.6 Å². The van der Waals surface area contributed by atoms with Crippen molar-refractivity contribution in [3.05, 3.63) is 29.5 Å². The van der Waals surface area contributed by atoms with Crippen molar-refractivity contribution < 1.29 is 19.4 Å². The molecule has 0 spiro atoms. The number of aromatic carboxylic acids is 1. The average molecular weight is 329 g/mol. The predicted octanol–water partition coefficient (Wildman–Crippen LogP) is 0.460. The third-order valence-corrected chi connectivity index (χ3v) is 4.01. The molecule has 8 heteroatoms. The molecule has 0 aliphatic carbocycles. The number of carbonyl (C=O) groups is 1. The minimum absolute atomic E-state index is 0. The van der Waals surface area contributed by atoms with E-state index in [-0.39, 0.29) is 41.5 Å².